The Morgan fingerprint density at radius 3 is 2.64 bits per heavy atom. The fraction of sp³-hybridized carbons (Fsp3) is 0.368. The average Bonchev–Trinajstić information content (AvgIpc) is 2.98. The zero-order valence-corrected chi connectivity index (χ0v) is 15.1. The van der Waals surface area contributed by atoms with E-state index in [4.69, 9.17) is 5.73 Å². The van der Waals surface area contributed by atoms with Crippen molar-refractivity contribution < 1.29 is 9.59 Å². The Balaban J connectivity index is 1.65. The predicted octanol–water partition coefficient (Wildman–Crippen LogP) is 3.02. The summed E-state index contributed by atoms with van der Waals surface area (Å²) in [6, 6.07) is 10.0. The lowest BCUT2D eigenvalue weighted by Crippen LogP contribution is -2.30. The van der Waals surface area contributed by atoms with Crippen molar-refractivity contribution in [1.82, 2.24) is 5.32 Å². The minimum Gasteiger partial charge on any atom is -0.365 e. The summed E-state index contributed by atoms with van der Waals surface area (Å²) in [5.74, 6) is -0.621. The van der Waals surface area contributed by atoms with Crippen LogP contribution in [0.5, 0.6) is 0 Å². The van der Waals surface area contributed by atoms with Crippen molar-refractivity contribution in [1.29, 1.82) is 0 Å². The van der Waals surface area contributed by atoms with Gasteiger partial charge >= 0.3 is 0 Å². The SMILES string of the molecule is C[C@@H](NCC(=O)Nc1sc2c(c1C(N)=O)CCCC2)c1ccccc1. The van der Waals surface area contributed by atoms with Gasteiger partial charge in [0.15, 0.2) is 0 Å². The molecule has 2 aromatic rings. The Kier molecular flexibility index (Phi) is 5.50. The van der Waals surface area contributed by atoms with E-state index in [2.05, 4.69) is 10.6 Å². The number of hydrogen-bond acceptors (Lipinski definition) is 4. The summed E-state index contributed by atoms with van der Waals surface area (Å²) in [7, 11) is 0. The summed E-state index contributed by atoms with van der Waals surface area (Å²) in [6.45, 7) is 2.19. The van der Waals surface area contributed by atoms with Gasteiger partial charge in [-0.1, -0.05) is 30.3 Å². The molecule has 0 bridgehead atoms. The average molecular weight is 357 g/mol. The number of fused-ring (bicyclic) bond motifs is 1. The molecule has 5 nitrogen and oxygen atoms in total. The van der Waals surface area contributed by atoms with Crippen LogP contribution in [0.1, 0.15) is 52.2 Å². The predicted molar refractivity (Wildman–Crippen MR) is 101 cm³/mol. The third-order valence-corrected chi connectivity index (χ3v) is 5.75. The monoisotopic (exact) mass is 357 g/mol. The first-order chi connectivity index (χ1) is 12.1. The van der Waals surface area contributed by atoms with Crippen LogP contribution in [0.25, 0.3) is 0 Å². The molecule has 0 spiro atoms. The van der Waals surface area contributed by atoms with Crippen LogP contribution in [0, 0.1) is 0 Å². The zero-order valence-electron chi connectivity index (χ0n) is 14.3. The second-order valence-corrected chi connectivity index (χ2v) is 7.45. The van der Waals surface area contributed by atoms with Crippen LogP contribution in [0.15, 0.2) is 30.3 Å². The maximum atomic E-state index is 12.3. The maximum Gasteiger partial charge on any atom is 0.251 e. The lowest BCUT2D eigenvalue weighted by atomic mass is 9.95. The number of nitrogens with two attached hydrogens (primary N) is 1. The molecule has 0 radical (unpaired) electrons. The van der Waals surface area contributed by atoms with Gasteiger partial charge in [0.1, 0.15) is 5.00 Å². The quantitative estimate of drug-likeness (QED) is 0.743. The van der Waals surface area contributed by atoms with Crippen molar-refractivity contribution in [3.8, 4) is 0 Å². The Hall–Kier alpha value is -2.18. The fourth-order valence-corrected chi connectivity index (χ4v) is 4.50. The molecule has 3 rings (SSSR count). The number of primary amides is 1. The van der Waals surface area contributed by atoms with E-state index in [0.29, 0.717) is 10.6 Å². The molecule has 25 heavy (non-hydrogen) atoms. The van der Waals surface area contributed by atoms with Crippen molar-refractivity contribution in [2.45, 2.75) is 38.6 Å². The van der Waals surface area contributed by atoms with Crippen molar-refractivity contribution in [2.24, 2.45) is 5.73 Å². The Morgan fingerprint density at radius 2 is 1.92 bits per heavy atom. The molecular weight excluding hydrogens is 334 g/mol. The fourth-order valence-electron chi connectivity index (χ4n) is 3.19. The highest BCUT2D eigenvalue weighted by Gasteiger charge is 2.24. The molecule has 2 amide bonds. The van der Waals surface area contributed by atoms with Crippen molar-refractivity contribution >= 4 is 28.2 Å². The van der Waals surface area contributed by atoms with Gasteiger partial charge in [-0.3, -0.25) is 9.59 Å². The minimum atomic E-state index is -0.458. The molecule has 1 aromatic heterocycles. The Labute approximate surface area is 151 Å². The minimum absolute atomic E-state index is 0.0686. The van der Waals surface area contributed by atoms with Crippen LogP contribution in [-0.4, -0.2) is 18.4 Å². The highest BCUT2D eigenvalue weighted by Crippen LogP contribution is 2.37. The second-order valence-electron chi connectivity index (χ2n) is 6.34. The summed E-state index contributed by atoms with van der Waals surface area (Å²) in [5, 5.41) is 6.67. The zero-order chi connectivity index (χ0) is 17.8. The van der Waals surface area contributed by atoms with Crippen molar-refractivity contribution in [3.05, 3.63) is 51.9 Å². The molecule has 1 heterocycles. The first kappa shape index (κ1) is 17.6. The summed E-state index contributed by atoms with van der Waals surface area (Å²) in [6.07, 6.45) is 4.01. The van der Waals surface area contributed by atoms with E-state index in [1.54, 1.807) is 0 Å². The number of anilines is 1. The highest BCUT2D eigenvalue weighted by molar-refractivity contribution is 7.17. The van der Waals surface area contributed by atoms with Crippen molar-refractivity contribution in [2.75, 3.05) is 11.9 Å². The van der Waals surface area contributed by atoms with E-state index in [1.807, 2.05) is 37.3 Å². The van der Waals surface area contributed by atoms with Gasteiger partial charge in [-0.15, -0.1) is 11.3 Å². The number of nitrogens with one attached hydrogen (secondary N) is 2. The van der Waals surface area contributed by atoms with Crippen LogP contribution in [0.3, 0.4) is 0 Å². The van der Waals surface area contributed by atoms with Crippen LogP contribution < -0.4 is 16.4 Å². The number of thiophene rings is 1. The number of rotatable bonds is 6. The van der Waals surface area contributed by atoms with Gasteiger partial charge in [-0.2, -0.15) is 0 Å². The van der Waals surface area contributed by atoms with E-state index in [1.165, 1.54) is 16.2 Å². The van der Waals surface area contributed by atoms with Crippen LogP contribution in [-0.2, 0) is 17.6 Å². The third-order valence-electron chi connectivity index (χ3n) is 4.54. The van der Waals surface area contributed by atoms with Crippen LogP contribution in [0.4, 0.5) is 5.00 Å². The largest absolute Gasteiger partial charge is 0.365 e. The topological polar surface area (TPSA) is 84.2 Å². The van der Waals surface area contributed by atoms with E-state index < -0.39 is 5.91 Å². The second kappa shape index (κ2) is 7.80. The van der Waals surface area contributed by atoms with Gasteiger partial charge in [0.2, 0.25) is 5.91 Å². The lowest BCUT2D eigenvalue weighted by molar-refractivity contribution is -0.115. The normalized spacial score (nSPS) is 14.6. The third kappa shape index (κ3) is 4.08. The summed E-state index contributed by atoms with van der Waals surface area (Å²) in [4.78, 5) is 25.3. The number of benzene rings is 1. The molecule has 6 heteroatoms. The molecule has 0 saturated heterocycles. The van der Waals surface area contributed by atoms with E-state index >= 15 is 0 Å². The summed E-state index contributed by atoms with van der Waals surface area (Å²) < 4.78 is 0. The number of carbonyl (C=O) groups excluding carboxylic acids is 2. The highest BCUT2D eigenvalue weighted by atomic mass is 32.1. The van der Waals surface area contributed by atoms with Gasteiger partial charge in [0.05, 0.1) is 12.1 Å². The molecule has 0 fully saturated rings. The summed E-state index contributed by atoms with van der Waals surface area (Å²) in [5.41, 5.74) is 8.22. The molecule has 0 saturated carbocycles. The molecular formula is C19H23N3O2S. The Morgan fingerprint density at radius 1 is 1.20 bits per heavy atom. The van der Waals surface area contributed by atoms with Gasteiger partial charge in [0, 0.05) is 10.9 Å². The van der Waals surface area contributed by atoms with E-state index in [9.17, 15) is 9.59 Å². The number of amides is 2. The number of aryl methyl sites for hydroxylation is 1. The molecule has 4 N–H and O–H groups in total. The number of carbonyl (C=O) groups is 2. The molecule has 1 aromatic carbocycles. The lowest BCUT2D eigenvalue weighted by Gasteiger charge is -2.14. The van der Waals surface area contributed by atoms with Crippen molar-refractivity contribution in [3.63, 3.8) is 0 Å². The van der Waals surface area contributed by atoms with E-state index in [0.717, 1.165) is 36.8 Å². The number of hydrogen-bond donors (Lipinski definition) is 3. The summed E-state index contributed by atoms with van der Waals surface area (Å²) >= 11 is 1.49. The maximum absolute atomic E-state index is 12.3. The molecule has 0 unspecified atom stereocenters. The molecule has 0 aliphatic heterocycles. The van der Waals surface area contributed by atoms with Gasteiger partial charge < -0.3 is 16.4 Å². The Bertz CT molecular complexity index is 770. The van der Waals surface area contributed by atoms with Crippen LogP contribution >= 0.6 is 11.3 Å². The van der Waals surface area contributed by atoms with E-state index in [-0.39, 0.29) is 18.5 Å². The molecule has 132 valence electrons. The van der Waals surface area contributed by atoms with Gasteiger partial charge in [-0.25, -0.2) is 0 Å². The van der Waals surface area contributed by atoms with Gasteiger partial charge in [0.25, 0.3) is 5.91 Å². The smallest absolute Gasteiger partial charge is 0.251 e. The van der Waals surface area contributed by atoms with Crippen LogP contribution in [0.2, 0.25) is 0 Å². The molecule has 1 aliphatic carbocycles. The van der Waals surface area contributed by atoms with Gasteiger partial charge in [-0.05, 0) is 43.7 Å². The molecule has 1 aliphatic rings. The standard InChI is InChI=1S/C19H23N3O2S/c1-12(13-7-3-2-4-8-13)21-11-16(23)22-19-17(18(20)24)14-9-5-6-10-15(14)25-19/h2-4,7-8,12,21H,5-6,9-11H2,1H3,(H2,20,24)(H,22,23)/t12-/m1/s1. The molecule has 1 atom stereocenters. The first-order valence-corrected chi connectivity index (χ1v) is 9.40. The first-order valence-electron chi connectivity index (χ1n) is 8.58.